The Bertz CT molecular complexity index is 688. The van der Waals surface area contributed by atoms with E-state index in [1.165, 1.54) is 27.8 Å². The van der Waals surface area contributed by atoms with Gasteiger partial charge in [-0.3, -0.25) is 4.98 Å². The molecule has 0 amide bonds. The first kappa shape index (κ1) is 13.9. The molecule has 2 aromatic carbocycles. The second-order valence-electron chi connectivity index (χ2n) is 4.98. The minimum Gasteiger partial charge on any atom is -0.265 e. The van der Waals surface area contributed by atoms with Crippen molar-refractivity contribution in [3.63, 3.8) is 0 Å². The van der Waals surface area contributed by atoms with Gasteiger partial charge in [-0.15, -0.1) is 0 Å². The third kappa shape index (κ3) is 3.34. The van der Waals surface area contributed by atoms with Crippen molar-refractivity contribution in [3.05, 3.63) is 78.6 Å². The maximum Gasteiger partial charge on any atom is 0.0273 e. The maximum absolute atomic E-state index is 4.27. The van der Waals surface area contributed by atoms with Crippen LogP contribution in [0.1, 0.15) is 5.56 Å². The van der Waals surface area contributed by atoms with E-state index in [1.54, 1.807) is 0 Å². The van der Waals surface area contributed by atoms with Gasteiger partial charge in [0.15, 0.2) is 0 Å². The van der Waals surface area contributed by atoms with Gasteiger partial charge >= 0.3 is 0 Å². The van der Waals surface area contributed by atoms with Gasteiger partial charge in [0.05, 0.1) is 0 Å². The quantitative estimate of drug-likeness (QED) is 0.675. The summed E-state index contributed by atoms with van der Waals surface area (Å²) < 4.78 is 0. The van der Waals surface area contributed by atoms with Crippen molar-refractivity contribution < 1.29 is 0 Å². The fourth-order valence-electron chi connectivity index (χ4n) is 2.39. The van der Waals surface area contributed by atoms with Crippen LogP contribution in [0.25, 0.3) is 22.3 Å². The Morgan fingerprint density at radius 3 is 1.52 bits per heavy atom. The van der Waals surface area contributed by atoms with Gasteiger partial charge in [-0.25, -0.2) is 0 Å². The highest BCUT2D eigenvalue weighted by molar-refractivity contribution is 7.80. The van der Waals surface area contributed by atoms with Gasteiger partial charge in [0.2, 0.25) is 0 Å². The first-order chi connectivity index (χ1) is 10.4. The molecule has 0 spiro atoms. The van der Waals surface area contributed by atoms with Crippen LogP contribution in [0.5, 0.6) is 0 Å². The highest BCUT2D eigenvalue weighted by atomic mass is 32.1. The van der Waals surface area contributed by atoms with Crippen molar-refractivity contribution in [2.24, 2.45) is 0 Å². The van der Waals surface area contributed by atoms with Gasteiger partial charge in [0.25, 0.3) is 0 Å². The zero-order chi connectivity index (χ0) is 14.5. The van der Waals surface area contributed by atoms with E-state index in [9.17, 15) is 0 Å². The van der Waals surface area contributed by atoms with E-state index in [1.807, 2.05) is 24.5 Å². The van der Waals surface area contributed by atoms with E-state index in [2.05, 4.69) is 66.1 Å². The lowest BCUT2D eigenvalue weighted by Gasteiger charge is -2.06. The van der Waals surface area contributed by atoms with E-state index in [-0.39, 0.29) is 0 Å². The molecular weight excluding hydrogens is 274 g/mol. The lowest BCUT2D eigenvalue weighted by Crippen LogP contribution is -1.86. The Kier molecular flexibility index (Phi) is 4.37. The normalized spacial score (nSPS) is 10.5. The van der Waals surface area contributed by atoms with Crippen LogP contribution in [-0.2, 0) is 6.42 Å². The average Bonchev–Trinajstić information content (AvgIpc) is 2.57. The van der Waals surface area contributed by atoms with E-state index < -0.39 is 0 Å². The van der Waals surface area contributed by atoms with Crippen LogP contribution in [-0.4, -0.2) is 10.7 Å². The SMILES string of the molecule is SCCc1ccc(-c2ccc(-c3ccncc3)cc2)cc1. The topological polar surface area (TPSA) is 12.9 Å². The number of pyridine rings is 1. The van der Waals surface area contributed by atoms with Crippen LogP contribution in [0.4, 0.5) is 0 Å². The monoisotopic (exact) mass is 291 g/mol. The summed E-state index contributed by atoms with van der Waals surface area (Å²) in [5, 5.41) is 0. The number of aromatic nitrogens is 1. The summed E-state index contributed by atoms with van der Waals surface area (Å²) >= 11 is 4.27. The summed E-state index contributed by atoms with van der Waals surface area (Å²) in [5.74, 6) is 0.889. The molecule has 0 atom stereocenters. The molecule has 1 aromatic heterocycles. The van der Waals surface area contributed by atoms with Crippen molar-refractivity contribution in [1.82, 2.24) is 4.98 Å². The highest BCUT2D eigenvalue weighted by Gasteiger charge is 2.00. The molecular formula is C19H17NS. The predicted molar refractivity (Wildman–Crippen MR) is 92.7 cm³/mol. The van der Waals surface area contributed by atoms with Crippen molar-refractivity contribution in [1.29, 1.82) is 0 Å². The Balaban J connectivity index is 1.84. The van der Waals surface area contributed by atoms with Crippen LogP contribution >= 0.6 is 12.6 Å². The first-order valence-corrected chi connectivity index (χ1v) is 7.71. The van der Waals surface area contributed by atoms with Crippen LogP contribution in [0.2, 0.25) is 0 Å². The third-order valence-corrected chi connectivity index (χ3v) is 3.81. The number of benzene rings is 2. The van der Waals surface area contributed by atoms with Crippen molar-refractivity contribution in [3.8, 4) is 22.3 Å². The third-order valence-electron chi connectivity index (χ3n) is 3.59. The molecule has 0 aliphatic rings. The molecule has 1 heterocycles. The number of hydrogen-bond donors (Lipinski definition) is 1. The molecule has 0 unspecified atom stereocenters. The summed E-state index contributed by atoms with van der Waals surface area (Å²) in [6.07, 6.45) is 4.66. The minimum atomic E-state index is 0.889. The molecule has 0 radical (unpaired) electrons. The Morgan fingerprint density at radius 2 is 1.05 bits per heavy atom. The molecule has 0 bridgehead atoms. The van der Waals surface area contributed by atoms with Crippen molar-refractivity contribution in [2.45, 2.75) is 6.42 Å². The summed E-state index contributed by atoms with van der Waals surface area (Å²) in [5.41, 5.74) is 6.24. The van der Waals surface area contributed by atoms with Gasteiger partial charge < -0.3 is 0 Å². The van der Waals surface area contributed by atoms with Gasteiger partial charge in [0.1, 0.15) is 0 Å². The van der Waals surface area contributed by atoms with Crippen LogP contribution < -0.4 is 0 Å². The number of nitrogens with zero attached hydrogens (tertiary/aromatic N) is 1. The highest BCUT2D eigenvalue weighted by Crippen LogP contribution is 2.24. The Hall–Kier alpha value is -2.06. The van der Waals surface area contributed by atoms with Gasteiger partial charge in [-0.1, -0.05) is 48.5 Å². The summed E-state index contributed by atoms with van der Waals surface area (Å²) in [6, 6.07) is 21.4. The molecule has 1 nitrogen and oxygen atoms in total. The van der Waals surface area contributed by atoms with Crippen molar-refractivity contribution >= 4 is 12.6 Å². The zero-order valence-corrected chi connectivity index (χ0v) is 12.6. The second kappa shape index (κ2) is 6.59. The first-order valence-electron chi connectivity index (χ1n) is 7.07. The van der Waals surface area contributed by atoms with Crippen LogP contribution in [0, 0.1) is 0 Å². The molecule has 21 heavy (non-hydrogen) atoms. The molecule has 0 fully saturated rings. The number of thiol groups is 1. The molecule has 3 rings (SSSR count). The summed E-state index contributed by atoms with van der Waals surface area (Å²) in [7, 11) is 0. The van der Waals surface area contributed by atoms with Gasteiger partial charge in [-0.2, -0.15) is 12.6 Å². The lowest BCUT2D eigenvalue weighted by molar-refractivity contribution is 1.16. The molecule has 104 valence electrons. The smallest absolute Gasteiger partial charge is 0.0273 e. The lowest BCUT2D eigenvalue weighted by atomic mass is 10.00. The Labute approximate surface area is 131 Å². The van der Waals surface area contributed by atoms with Gasteiger partial charge in [-0.05, 0) is 52.1 Å². The molecule has 0 aliphatic carbocycles. The van der Waals surface area contributed by atoms with E-state index >= 15 is 0 Å². The standard InChI is InChI=1S/C19H17NS/c21-14-11-15-1-3-16(4-2-15)17-5-7-18(8-6-17)19-9-12-20-13-10-19/h1-10,12-13,21H,11,14H2. The molecule has 2 heteroatoms. The summed E-state index contributed by atoms with van der Waals surface area (Å²) in [6.45, 7) is 0. The fraction of sp³-hybridized carbons (Fsp3) is 0.105. The molecule has 0 saturated carbocycles. The largest absolute Gasteiger partial charge is 0.265 e. The summed E-state index contributed by atoms with van der Waals surface area (Å²) in [4.78, 5) is 4.05. The predicted octanol–water partition coefficient (Wildman–Crippen LogP) is 4.89. The number of hydrogen-bond acceptors (Lipinski definition) is 2. The van der Waals surface area contributed by atoms with Crippen LogP contribution in [0.3, 0.4) is 0 Å². The number of aryl methyl sites for hydroxylation is 1. The average molecular weight is 291 g/mol. The number of rotatable bonds is 4. The molecule has 0 saturated heterocycles. The van der Waals surface area contributed by atoms with Gasteiger partial charge in [0, 0.05) is 12.4 Å². The molecule has 3 aromatic rings. The molecule has 0 N–H and O–H groups in total. The fourth-order valence-corrected chi connectivity index (χ4v) is 2.65. The Morgan fingerprint density at radius 1 is 0.619 bits per heavy atom. The zero-order valence-electron chi connectivity index (χ0n) is 11.7. The van der Waals surface area contributed by atoms with E-state index in [4.69, 9.17) is 0 Å². The maximum atomic E-state index is 4.27. The van der Waals surface area contributed by atoms with Crippen LogP contribution in [0.15, 0.2) is 73.1 Å². The van der Waals surface area contributed by atoms with Crippen molar-refractivity contribution in [2.75, 3.05) is 5.75 Å². The minimum absolute atomic E-state index is 0.889. The molecule has 0 aliphatic heterocycles. The van der Waals surface area contributed by atoms with E-state index in [0.717, 1.165) is 12.2 Å². The van der Waals surface area contributed by atoms with E-state index in [0.29, 0.717) is 0 Å². The second-order valence-corrected chi connectivity index (χ2v) is 5.43.